The molecule has 1 N–H and O–H groups in total. The van der Waals surface area contributed by atoms with Crippen molar-refractivity contribution in [2.75, 3.05) is 27.1 Å². The van der Waals surface area contributed by atoms with Gasteiger partial charge in [-0.1, -0.05) is 17.8 Å². The van der Waals surface area contributed by atoms with Crippen molar-refractivity contribution in [1.29, 1.82) is 5.41 Å². The summed E-state index contributed by atoms with van der Waals surface area (Å²) in [5, 5.41) is 9.48. The number of amides is 1. The van der Waals surface area contributed by atoms with Gasteiger partial charge in [-0.3, -0.25) is 10.2 Å². The number of rotatable bonds is 7. The van der Waals surface area contributed by atoms with Crippen molar-refractivity contribution in [3.63, 3.8) is 0 Å². The molecule has 186 valence electrons. The minimum Gasteiger partial charge on any atom is -0.493 e. The van der Waals surface area contributed by atoms with Gasteiger partial charge in [0.2, 0.25) is 5.17 Å². The van der Waals surface area contributed by atoms with Gasteiger partial charge < -0.3 is 18.9 Å². The Bertz CT molecular complexity index is 1340. The van der Waals surface area contributed by atoms with Gasteiger partial charge in [0.15, 0.2) is 28.2 Å². The second-order valence-corrected chi connectivity index (χ2v) is 8.71. The van der Waals surface area contributed by atoms with Crippen LogP contribution in [-0.2, 0) is 4.79 Å². The van der Waals surface area contributed by atoms with Crippen LogP contribution in [0.3, 0.4) is 0 Å². The zero-order chi connectivity index (χ0) is 25.8. The fourth-order valence-corrected chi connectivity index (χ4v) is 4.84. The van der Waals surface area contributed by atoms with Crippen LogP contribution in [0, 0.1) is 5.41 Å². The third kappa shape index (κ3) is 4.95. The number of amidine groups is 3. The van der Waals surface area contributed by atoms with Crippen LogP contribution in [-0.4, -0.2) is 60.0 Å². The minimum atomic E-state index is -0.607. The summed E-state index contributed by atoms with van der Waals surface area (Å²) < 4.78 is 26.0. The van der Waals surface area contributed by atoms with E-state index in [-0.39, 0.29) is 22.7 Å². The van der Waals surface area contributed by atoms with Crippen molar-refractivity contribution in [2.24, 2.45) is 9.39 Å². The first kappa shape index (κ1) is 25.3. The minimum absolute atomic E-state index is 0.00924. The SMILES string of the molecule is CCOc1cc(/C=C2/C(=N)N3C(SC)=NSC3=NC2=O)ccc1OC(=O)c1ccc(OC)c(OC)c1. The van der Waals surface area contributed by atoms with E-state index in [1.807, 2.05) is 6.26 Å². The summed E-state index contributed by atoms with van der Waals surface area (Å²) >= 11 is 2.43. The number of benzene rings is 2. The number of carbonyl (C=O) groups excluding carboxylic acids is 2. The fourth-order valence-electron chi connectivity index (χ4n) is 3.39. The summed E-state index contributed by atoms with van der Waals surface area (Å²) in [4.78, 5) is 31.0. The molecule has 0 saturated heterocycles. The molecule has 0 aromatic heterocycles. The maximum atomic E-state index is 12.8. The Kier molecular flexibility index (Phi) is 7.65. The smallest absolute Gasteiger partial charge is 0.343 e. The molecule has 10 nitrogen and oxygen atoms in total. The lowest BCUT2D eigenvalue weighted by molar-refractivity contribution is -0.114. The van der Waals surface area contributed by atoms with E-state index in [0.29, 0.717) is 39.8 Å². The van der Waals surface area contributed by atoms with E-state index in [2.05, 4.69) is 9.39 Å². The molecule has 2 aromatic rings. The number of nitrogens with zero attached hydrogens (tertiary/aromatic N) is 3. The largest absolute Gasteiger partial charge is 0.493 e. The number of hydrogen-bond donors (Lipinski definition) is 1. The second-order valence-electron chi connectivity index (χ2n) is 7.21. The summed E-state index contributed by atoms with van der Waals surface area (Å²) in [6, 6.07) is 9.58. The molecule has 0 bridgehead atoms. The molecule has 0 fully saturated rings. The van der Waals surface area contributed by atoms with E-state index in [1.54, 1.807) is 43.3 Å². The number of hydrogen-bond acceptors (Lipinski definition) is 10. The maximum absolute atomic E-state index is 12.8. The highest BCUT2D eigenvalue weighted by Gasteiger charge is 2.37. The van der Waals surface area contributed by atoms with E-state index in [4.69, 9.17) is 24.4 Å². The van der Waals surface area contributed by atoms with E-state index >= 15 is 0 Å². The van der Waals surface area contributed by atoms with Gasteiger partial charge in [-0.05, 0) is 55.2 Å². The van der Waals surface area contributed by atoms with Gasteiger partial charge in [-0.15, -0.1) is 0 Å². The number of ether oxygens (including phenoxy) is 4. The maximum Gasteiger partial charge on any atom is 0.343 e. The van der Waals surface area contributed by atoms with Crippen LogP contribution in [0.25, 0.3) is 6.08 Å². The highest BCUT2D eigenvalue weighted by atomic mass is 32.2. The van der Waals surface area contributed by atoms with Crippen molar-refractivity contribution < 1.29 is 28.5 Å². The van der Waals surface area contributed by atoms with E-state index in [9.17, 15) is 9.59 Å². The number of aliphatic imine (C=N–C) groups is 1. The molecule has 0 saturated carbocycles. The molecule has 0 spiro atoms. The molecule has 1 amide bonds. The van der Waals surface area contributed by atoms with Crippen LogP contribution >= 0.6 is 23.7 Å². The fraction of sp³-hybridized carbons (Fsp3) is 0.208. The first-order chi connectivity index (χ1) is 17.4. The zero-order valence-corrected chi connectivity index (χ0v) is 21.5. The summed E-state index contributed by atoms with van der Waals surface area (Å²) in [6.07, 6.45) is 3.39. The lowest BCUT2D eigenvalue weighted by atomic mass is 10.1. The predicted octanol–water partition coefficient (Wildman–Crippen LogP) is 4.26. The highest BCUT2D eigenvalue weighted by Crippen LogP contribution is 2.34. The van der Waals surface area contributed by atoms with Crippen LogP contribution < -0.4 is 18.9 Å². The predicted molar refractivity (Wildman–Crippen MR) is 141 cm³/mol. The molecular formula is C24H22N4O6S2. The molecule has 0 radical (unpaired) electrons. The lowest BCUT2D eigenvalue weighted by Crippen LogP contribution is -2.41. The molecule has 36 heavy (non-hydrogen) atoms. The van der Waals surface area contributed by atoms with Gasteiger partial charge in [0.25, 0.3) is 5.91 Å². The molecule has 2 aromatic carbocycles. The standard InChI is InChI=1S/C24H22N4O6S2/c1-5-33-19-11-13(10-15-20(25)28-23(26-21(15)29)36-27-24(28)35-4)6-8-17(19)34-22(30)14-7-9-16(31-2)18(12-14)32-3/h6-12,25H,5H2,1-4H3/b15-10-,25-20?. The Morgan fingerprint density at radius 2 is 1.86 bits per heavy atom. The number of esters is 1. The van der Waals surface area contributed by atoms with Gasteiger partial charge in [0.1, 0.15) is 5.84 Å². The van der Waals surface area contributed by atoms with Crippen molar-refractivity contribution in [1.82, 2.24) is 4.90 Å². The first-order valence-electron chi connectivity index (χ1n) is 10.6. The van der Waals surface area contributed by atoms with Gasteiger partial charge in [-0.25, -0.2) is 9.69 Å². The normalized spacial score (nSPS) is 15.9. The molecule has 2 aliphatic rings. The summed E-state index contributed by atoms with van der Waals surface area (Å²) in [5.74, 6) is 0.257. The van der Waals surface area contributed by atoms with Gasteiger partial charge >= 0.3 is 5.97 Å². The summed E-state index contributed by atoms with van der Waals surface area (Å²) in [7, 11) is 2.99. The quantitative estimate of drug-likeness (QED) is 0.244. The molecule has 4 rings (SSSR count). The van der Waals surface area contributed by atoms with Crippen LogP contribution in [0.1, 0.15) is 22.8 Å². The monoisotopic (exact) mass is 526 g/mol. The van der Waals surface area contributed by atoms with E-state index < -0.39 is 11.9 Å². The first-order valence-corrected chi connectivity index (χ1v) is 12.6. The Balaban J connectivity index is 1.61. The second kappa shape index (κ2) is 10.9. The number of fused-ring (bicyclic) bond motifs is 1. The highest BCUT2D eigenvalue weighted by molar-refractivity contribution is 8.18. The van der Waals surface area contributed by atoms with Gasteiger partial charge in [0, 0.05) is 0 Å². The van der Waals surface area contributed by atoms with Gasteiger partial charge in [0.05, 0.1) is 43.9 Å². The molecule has 12 heteroatoms. The zero-order valence-electron chi connectivity index (χ0n) is 19.9. The Morgan fingerprint density at radius 1 is 1.11 bits per heavy atom. The molecule has 0 aliphatic carbocycles. The van der Waals surface area contributed by atoms with Crippen LogP contribution in [0.15, 0.2) is 51.4 Å². The Morgan fingerprint density at radius 3 is 2.56 bits per heavy atom. The summed E-state index contributed by atoms with van der Waals surface area (Å²) in [5.41, 5.74) is 0.956. The van der Waals surface area contributed by atoms with Crippen LogP contribution in [0.4, 0.5) is 0 Å². The number of thioether (sulfide) groups is 1. The number of carbonyl (C=O) groups is 2. The van der Waals surface area contributed by atoms with Crippen molar-refractivity contribution in [3.05, 3.63) is 53.1 Å². The molecular weight excluding hydrogens is 504 g/mol. The average molecular weight is 527 g/mol. The molecule has 2 heterocycles. The van der Waals surface area contributed by atoms with E-state index in [0.717, 1.165) is 11.9 Å². The molecule has 2 aliphatic heterocycles. The van der Waals surface area contributed by atoms with Crippen molar-refractivity contribution >= 4 is 57.8 Å². The lowest BCUT2D eigenvalue weighted by Gasteiger charge is -2.23. The van der Waals surface area contributed by atoms with Crippen molar-refractivity contribution in [2.45, 2.75) is 6.92 Å². The van der Waals surface area contributed by atoms with Crippen LogP contribution in [0.2, 0.25) is 0 Å². The molecule has 0 atom stereocenters. The van der Waals surface area contributed by atoms with Crippen LogP contribution in [0.5, 0.6) is 23.0 Å². The number of methoxy groups -OCH3 is 2. The summed E-state index contributed by atoms with van der Waals surface area (Å²) in [6.45, 7) is 2.12. The molecule has 0 unspecified atom stereocenters. The van der Waals surface area contributed by atoms with Crippen molar-refractivity contribution in [3.8, 4) is 23.0 Å². The van der Waals surface area contributed by atoms with Gasteiger partial charge in [-0.2, -0.15) is 9.39 Å². The Labute approximate surface area is 216 Å². The average Bonchev–Trinajstić information content (AvgIpc) is 3.30. The Hall–Kier alpha value is -3.77. The number of nitrogens with one attached hydrogen (secondary N) is 1. The third-order valence-corrected chi connectivity index (χ3v) is 6.53. The van der Waals surface area contributed by atoms with E-state index in [1.165, 1.54) is 36.9 Å². The topological polar surface area (TPSA) is 123 Å². The third-order valence-electron chi connectivity index (χ3n) is 5.08.